The van der Waals surface area contributed by atoms with Crippen LogP contribution in [0, 0.1) is 5.92 Å². The first-order valence-electron chi connectivity index (χ1n) is 5.78. The first kappa shape index (κ1) is 13.9. The van der Waals surface area contributed by atoms with Gasteiger partial charge < -0.3 is 15.9 Å². The van der Waals surface area contributed by atoms with E-state index in [0.717, 1.165) is 12.8 Å². The van der Waals surface area contributed by atoms with E-state index in [1.165, 1.54) is 32.1 Å². The van der Waals surface area contributed by atoms with Crippen molar-refractivity contribution in [2.45, 2.75) is 58.2 Å². The smallest absolute Gasteiger partial charge is 0.155 e. The summed E-state index contributed by atoms with van der Waals surface area (Å²) in [4.78, 5) is 0. The lowest BCUT2D eigenvalue weighted by atomic mass is 10.00. The lowest BCUT2D eigenvalue weighted by molar-refractivity contribution is -0.0833. The molecule has 4 N–H and O–H groups in total. The number of aliphatic hydroxyl groups is 2. The van der Waals surface area contributed by atoms with Crippen LogP contribution in [0.5, 0.6) is 0 Å². The van der Waals surface area contributed by atoms with E-state index < -0.39 is 6.29 Å². The van der Waals surface area contributed by atoms with E-state index in [9.17, 15) is 0 Å². The molecular formula is C11H25NO2. The molecule has 0 fully saturated rings. The van der Waals surface area contributed by atoms with Gasteiger partial charge >= 0.3 is 0 Å². The number of unbranched alkanes of at least 4 members (excludes halogenated alkanes) is 5. The molecule has 0 aliphatic carbocycles. The van der Waals surface area contributed by atoms with Crippen molar-refractivity contribution in [1.82, 2.24) is 0 Å². The summed E-state index contributed by atoms with van der Waals surface area (Å²) in [6.45, 7) is 2.57. The van der Waals surface area contributed by atoms with Gasteiger partial charge in [-0.3, -0.25) is 0 Å². The quantitative estimate of drug-likeness (QED) is 0.394. The Bertz CT molecular complexity index is 118. The van der Waals surface area contributed by atoms with E-state index >= 15 is 0 Å². The summed E-state index contributed by atoms with van der Waals surface area (Å²) in [6.07, 6.45) is 6.96. The number of rotatable bonds is 9. The lowest BCUT2D eigenvalue weighted by Crippen LogP contribution is -2.27. The second kappa shape index (κ2) is 9.44. The SMILES string of the molecule is CCCCCCCCC(CN)C(O)O. The second-order valence-electron chi connectivity index (χ2n) is 3.97. The van der Waals surface area contributed by atoms with Crippen LogP contribution in [-0.2, 0) is 0 Å². The van der Waals surface area contributed by atoms with Crippen molar-refractivity contribution < 1.29 is 10.2 Å². The monoisotopic (exact) mass is 203 g/mol. The van der Waals surface area contributed by atoms with Gasteiger partial charge in [0, 0.05) is 5.92 Å². The molecular weight excluding hydrogens is 178 g/mol. The minimum Gasteiger partial charge on any atom is -0.368 e. The molecule has 0 saturated carbocycles. The minimum absolute atomic E-state index is 0.138. The summed E-state index contributed by atoms with van der Waals surface area (Å²) in [7, 11) is 0. The zero-order chi connectivity index (χ0) is 10.8. The van der Waals surface area contributed by atoms with Crippen molar-refractivity contribution in [2.24, 2.45) is 11.7 Å². The van der Waals surface area contributed by atoms with E-state index in [1.54, 1.807) is 0 Å². The third-order valence-corrected chi connectivity index (χ3v) is 2.65. The van der Waals surface area contributed by atoms with E-state index in [2.05, 4.69) is 6.92 Å². The Labute approximate surface area is 87.3 Å². The Kier molecular flexibility index (Phi) is 9.35. The van der Waals surface area contributed by atoms with E-state index in [0.29, 0.717) is 6.54 Å². The highest BCUT2D eigenvalue weighted by Gasteiger charge is 2.13. The predicted octanol–water partition coefficient (Wildman–Crippen LogP) is 1.62. The van der Waals surface area contributed by atoms with Crippen molar-refractivity contribution >= 4 is 0 Å². The molecule has 0 aromatic rings. The molecule has 0 aromatic heterocycles. The molecule has 0 rings (SSSR count). The minimum atomic E-state index is -1.24. The summed E-state index contributed by atoms with van der Waals surface area (Å²) >= 11 is 0. The van der Waals surface area contributed by atoms with Crippen LogP contribution in [0.2, 0.25) is 0 Å². The second-order valence-corrected chi connectivity index (χ2v) is 3.97. The number of hydrogen-bond donors (Lipinski definition) is 3. The van der Waals surface area contributed by atoms with Gasteiger partial charge in [0.05, 0.1) is 0 Å². The zero-order valence-electron chi connectivity index (χ0n) is 9.28. The Balaban J connectivity index is 3.25. The molecule has 0 bridgehead atoms. The molecule has 0 saturated heterocycles. The van der Waals surface area contributed by atoms with Crippen LogP contribution in [0.4, 0.5) is 0 Å². The normalized spacial score (nSPS) is 13.5. The first-order chi connectivity index (χ1) is 6.72. The highest BCUT2D eigenvalue weighted by atomic mass is 16.5. The van der Waals surface area contributed by atoms with Crippen LogP contribution < -0.4 is 5.73 Å². The molecule has 1 unspecified atom stereocenters. The summed E-state index contributed by atoms with van der Waals surface area (Å²) < 4.78 is 0. The molecule has 1 atom stereocenters. The van der Waals surface area contributed by atoms with Crippen LogP contribution in [0.25, 0.3) is 0 Å². The number of aliphatic hydroxyl groups excluding tert-OH is 1. The Morgan fingerprint density at radius 1 is 1.00 bits per heavy atom. The number of nitrogens with two attached hydrogens (primary N) is 1. The van der Waals surface area contributed by atoms with Gasteiger partial charge in [-0.2, -0.15) is 0 Å². The van der Waals surface area contributed by atoms with E-state index in [-0.39, 0.29) is 5.92 Å². The summed E-state index contributed by atoms with van der Waals surface area (Å²) in [5, 5.41) is 17.9. The molecule has 86 valence electrons. The van der Waals surface area contributed by atoms with Gasteiger partial charge in [-0.05, 0) is 13.0 Å². The highest BCUT2D eigenvalue weighted by molar-refractivity contribution is 4.61. The van der Waals surface area contributed by atoms with E-state index in [1.807, 2.05) is 0 Å². The molecule has 0 spiro atoms. The van der Waals surface area contributed by atoms with Gasteiger partial charge in [-0.25, -0.2) is 0 Å². The third kappa shape index (κ3) is 7.30. The molecule has 0 radical (unpaired) electrons. The summed E-state index contributed by atoms with van der Waals surface area (Å²) in [5.41, 5.74) is 5.42. The molecule has 0 heterocycles. The molecule has 14 heavy (non-hydrogen) atoms. The predicted molar refractivity (Wildman–Crippen MR) is 58.8 cm³/mol. The van der Waals surface area contributed by atoms with Gasteiger partial charge in [0.1, 0.15) is 0 Å². The van der Waals surface area contributed by atoms with Crippen molar-refractivity contribution in [1.29, 1.82) is 0 Å². The molecule has 0 aliphatic heterocycles. The number of hydrogen-bond acceptors (Lipinski definition) is 3. The van der Waals surface area contributed by atoms with Crippen LogP contribution in [0.15, 0.2) is 0 Å². The molecule has 0 aliphatic rings. The standard InChI is InChI=1S/C11H25NO2/c1-2-3-4-5-6-7-8-10(9-12)11(13)14/h10-11,13-14H,2-9,12H2,1H3. The Hall–Kier alpha value is -0.120. The third-order valence-electron chi connectivity index (χ3n) is 2.65. The van der Waals surface area contributed by atoms with E-state index in [4.69, 9.17) is 15.9 Å². The van der Waals surface area contributed by atoms with Crippen molar-refractivity contribution in [2.75, 3.05) is 6.54 Å². The van der Waals surface area contributed by atoms with Gasteiger partial charge in [-0.1, -0.05) is 45.4 Å². The lowest BCUT2D eigenvalue weighted by Gasteiger charge is -2.16. The first-order valence-corrected chi connectivity index (χ1v) is 5.78. The fourth-order valence-corrected chi connectivity index (χ4v) is 1.58. The van der Waals surface area contributed by atoms with Crippen molar-refractivity contribution in [3.63, 3.8) is 0 Å². The fraction of sp³-hybridized carbons (Fsp3) is 1.00. The Morgan fingerprint density at radius 3 is 2.07 bits per heavy atom. The highest BCUT2D eigenvalue weighted by Crippen LogP contribution is 2.13. The van der Waals surface area contributed by atoms with Crippen LogP contribution in [-0.4, -0.2) is 23.0 Å². The zero-order valence-corrected chi connectivity index (χ0v) is 9.28. The largest absolute Gasteiger partial charge is 0.368 e. The average Bonchev–Trinajstić information content (AvgIpc) is 2.16. The van der Waals surface area contributed by atoms with Gasteiger partial charge in [0.15, 0.2) is 6.29 Å². The summed E-state index contributed by atoms with van der Waals surface area (Å²) in [5.74, 6) is -0.138. The molecule has 0 amide bonds. The summed E-state index contributed by atoms with van der Waals surface area (Å²) in [6, 6.07) is 0. The maximum Gasteiger partial charge on any atom is 0.155 e. The van der Waals surface area contributed by atoms with Crippen molar-refractivity contribution in [3.05, 3.63) is 0 Å². The van der Waals surface area contributed by atoms with Gasteiger partial charge in [0.25, 0.3) is 0 Å². The Morgan fingerprint density at radius 2 is 1.57 bits per heavy atom. The van der Waals surface area contributed by atoms with Crippen LogP contribution in [0.3, 0.4) is 0 Å². The maximum atomic E-state index is 8.93. The van der Waals surface area contributed by atoms with Crippen LogP contribution >= 0.6 is 0 Å². The maximum absolute atomic E-state index is 8.93. The molecule has 0 aromatic carbocycles. The fourth-order valence-electron chi connectivity index (χ4n) is 1.58. The van der Waals surface area contributed by atoms with Crippen LogP contribution in [0.1, 0.15) is 51.9 Å². The van der Waals surface area contributed by atoms with Gasteiger partial charge in [-0.15, -0.1) is 0 Å². The topological polar surface area (TPSA) is 66.5 Å². The van der Waals surface area contributed by atoms with Gasteiger partial charge in [0.2, 0.25) is 0 Å². The molecule has 3 nitrogen and oxygen atoms in total. The average molecular weight is 203 g/mol. The van der Waals surface area contributed by atoms with Crippen molar-refractivity contribution in [3.8, 4) is 0 Å². The molecule has 3 heteroatoms.